The van der Waals surface area contributed by atoms with Crippen molar-refractivity contribution in [2.75, 3.05) is 12.4 Å². The molecule has 2 rings (SSSR count). The van der Waals surface area contributed by atoms with Gasteiger partial charge in [-0.15, -0.1) is 0 Å². The van der Waals surface area contributed by atoms with E-state index in [4.69, 9.17) is 0 Å². The van der Waals surface area contributed by atoms with Crippen molar-refractivity contribution in [2.45, 2.75) is 6.18 Å². The number of nitrogens with one attached hydrogen (secondary N) is 1. The lowest BCUT2D eigenvalue weighted by atomic mass is 10.1. The van der Waals surface area contributed by atoms with Crippen molar-refractivity contribution in [3.8, 4) is 0 Å². The molecule has 0 unspecified atom stereocenters. The van der Waals surface area contributed by atoms with E-state index in [0.29, 0.717) is 5.69 Å². The average molecular weight is 374 g/mol. The summed E-state index contributed by atoms with van der Waals surface area (Å²) in [6, 6.07) is 9.85. The summed E-state index contributed by atoms with van der Waals surface area (Å²) in [4.78, 5) is 11.7. The van der Waals surface area contributed by atoms with Gasteiger partial charge in [0.05, 0.1) is 23.9 Å². The molecule has 0 bridgehead atoms. The van der Waals surface area contributed by atoms with Gasteiger partial charge in [-0.05, 0) is 30.3 Å². The molecule has 0 aromatic heterocycles. The molecule has 0 spiro atoms. The minimum absolute atomic E-state index is 0.207. The van der Waals surface area contributed by atoms with E-state index in [1.807, 2.05) is 0 Å². The second kappa shape index (κ2) is 6.39. The summed E-state index contributed by atoms with van der Waals surface area (Å²) in [5.41, 5.74) is 0.0112. The molecule has 3 nitrogen and oxygen atoms in total. The number of rotatable bonds is 3. The largest absolute Gasteiger partial charge is 0.465 e. The molecule has 0 aliphatic heterocycles. The monoisotopic (exact) mass is 373 g/mol. The van der Waals surface area contributed by atoms with Crippen LogP contribution in [0.5, 0.6) is 0 Å². The molecule has 0 aliphatic carbocycles. The molecule has 0 fully saturated rings. The van der Waals surface area contributed by atoms with Gasteiger partial charge in [0.1, 0.15) is 0 Å². The Balaban J connectivity index is 2.40. The predicted molar refractivity (Wildman–Crippen MR) is 80.2 cm³/mol. The highest BCUT2D eigenvalue weighted by molar-refractivity contribution is 9.10. The third kappa shape index (κ3) is 3.79. The van der Waals surface area contributed by atoms with Gasteiger partial charge in [-0.2, -0.15) is 13.2 Å². The van der Waals surface area contributed by atoms with Gasteiger partial charge >= 0.3 is 12.1 Å². The molecule has 22 heavy (non-hydrogen) atoms. The van der Waals surface area contributed by atoms with E-state index in [1.165, 1.54) is 19.2 Å². The van der Waals surface area contributed by atoms with Crippen LogP contribution in [0.3, 0.4) is 0 Å². The number of esters is 1. The summed E-state index contributed by atoms with van der Waals surface area (Å²) in [6.07, 6.45) is -4.46. The van der Waals surface area contributed by atoms with Gasteiger partial charge in [-0.1, -0.05) is 28.1 Å². The van der Waals surface area contributed by atoms with E-state index in [0.717, 1.165) is 12.1 Å². The fourth-order valence-electron chi connectivity index (χ4n) is 1.86. The number of ether oxygens (including phenoxy) is 1. The fourth-order valence-corrected chi connectivity index (χ4v) is 2.35. The third-order valence-electron chi connectivity index (χ3n) is 2.84. The lowest BCUT2D eigenvalue weighted by Crippen LogP contribution is -2.07. The zero-order valence-electron chi connectivity index (χ0n) is 11.4. The first-order valence-corrected chi connectivity index (χ1v) is 6.92. The first kappa shape index (κ1) is 16.4. The number of halogens is 4. The highest BCUT2D eigenvalue weighted by atomic mass is 79.9. The zero-order chi connectivity index (χ0) is 16.3. The van der Waals surface area contributed by atoms with Gasteiger partial charge in [-0.25, -0.2) is 4.79 Å². The van der Waals surface area contributed by atoms with Crippen LogP contribution in [0.25, 0.3) is 0 Å². The summed E-state index contributed by atoms with van der Waals surface area (Å²) in [7, 11) is 1.24. The smallest absolute Gasteiger partial charge is 0.416 e. The second-order valence-corrected chi connectivity index (χ2v) is 5.30. The molecular formula is C15H11BrF3NO2. The Labute approximate surface area is 133 Å². The molecule has 0 aliphatic rings. The van der Waals surface area contributed by atoms with Gasteiger partial charge in [0.25, 0.3) is 0 Å². The molecule has 0 radical (unpaired) electrons. The topological polar surface area (TPSA) is 38.3 Å². The third-order valence-corrected chi connectivity index (χ3v) is 3.29. The maximum atomic E-state index is 12.8. The highest BCUT2D eigenvalue weighted by Gasteiger charge is 2.31. The van der Waals surface area contributed by atoms with Crippen molar-refractivity contribution in [1.29, 1.82) is 0 Å². The zero-order valence-corrected chi connectivity index (χ0v) is 13.0. The van der Waals surface area contributed by atoms with Crippen LogP contribution in [0.2, 0.25) is 0 Å². The molecule has 1 N–H and O–H groups in total. The normalized spacial score (nSPS) is 11.1. The van der Waals surface area contributed by atoms with Crippen LogP contribution in [0, 0.1) is 0 Å². The van der Waals surface area contributed by atoms with Crippen LogP contribution in [-0.2, 0) is 10.9 Å². The van der Waals surface area contributed by atoms with Gasteiger partial charge in [0.2, 0.25) is 0 Å². The van der Waals surface area contributed by atoms with Crippen molar-refractivity contribution in [2.24, 2.45) is 0 Å². The maximum Gasteiger partial charge on any atom is 0.416 e. The highest BCUT2D eigenvalue weighted by Crippen LogP contribution is 2.34. The lowest BCUT2D eigenvalue weighted by Gasteiger charge is -2.13. The van der Waals surface area contributed by atoms with Crippen LogP contribution in [0.4, 0.5) is 24.5 Å². The molecule has 0 saturated carbocycles. The van der Waals surface area contributed by atoms with Crippen molar-refractivity contribution >= 4 is 33.3 Å². The van der Waals surface area contributed by atoms with E-state index < -0.39 is 17.7 Å². The number of benzene rings is 2. The molecule has 7 heteroatoms. The van der Waals surface area contributed by atoms with Crippen LogP contribution >= 0.6 is 15.9 Å². The molecule has 2 aromatic rings. The summed E-state index contributed by atoms with van der Waals surface area (Å²) in [5, 5.41) is 2.81. The van der Waals surface area contributed by atoms with Crippen molar-refractivity contribution in [1.82, 2.24) is 0 Å². The lowest BCUT2D eigenvalue weighted by molar-refractivity contribution is -0.137. The number of para-hydroxylation sites is 1. The van der Waals surface area contributed by atoms with Crippen LogP contribution in [0.1, 0.15) is 15.9 Å². The Bertz CT molecular complexity index is 701. The molecule has 0 amide bonds. The first-order chi connectivity index (χ1) is 10.3. The number of carbonyl (C=O) groups is 1. The maximum absolute atomic E-state index is 12.8. The minimum atomic E-state index is -4.46. The number of hydrogen-bond acceptors (Lipinski definition) is 3. The molecule has 0 heterocycles. The van der Waals surface area contributed by atoms with E-state index in [2.05, 4.69) is 26.0 Å². The van der Waals surface area contributed by atoms with Crippen LogP contribution in [-0.4, -0.2) is 13.1 Å². The number of methoxy groups -OCH3 is 1. The molecular weight excluding hydrogens is 363 g/mol. The van der Waals surface area contributed by atoms with E-state index in [-0.39, 0.29) is 15.7 Å². The van der Waals surface area contributed by atoms with E-state index in [1.54, 1.807) is 18.2 Å². The summed E-state index contributed by atoms with van der Waals surface area (Å²) >= 11 is 3.05. The van der Waals surface area contributed by atoms with E-state index >= 15 is 0 Å². The van der Waals surface area contributed by atoms with Crippen molar-refractivity contribution in [3.05, 3.63) is 58.1 Å². The number of anilines is 2. The Kier molecular flexibility index (Phi) is 4.75. The average Bonchev–Trinajstić information content (AvgIpc) is 2.45. The van der Waals surface area contributed by atoms with Crippen LogP contribution < -0.4 is 5.32 Å². The van der Waals surface area contributed by atoms with Gasteiger partial charge in [0.15, 0.2) is 0 Å². The summed E-state index contributed by atoms with van der Waals surface area (Å²) < 4.78 is 43.4. The summed E-state index contributed by atoms with van der Waals surface area (Å²) in [6.45, 7) is 0. The molecule has 116 valence electrons. The standard InChI is InChI=1S/C15H11BrF3NO2/c1-22-14(21)12-4-2-3-5-13(12)20-11-7-9(15(17,18)19)6-10(16)8-11/h2-8,20H,1H3. The Morgan fingerprint density at radius 3 is 2.50 bits per heavy atom. The Hall–Kier alpha value is -2.02. The summed E-state index contributed by atoms with van der Waals surface area (Å²) in [5.74, 6) is -0.575. The number of hydrogen-bond donors (Lipinski definition) is 1. The van der Waals surface area contributed by atoms with Crippen molar-refractivity contribution in [3.63, 3.8) is 0 Å². The molecule has 2 aromatic carbocycles. The van der Waals surface area contributed by atoms with Gasteiger partial charge in [-0.3, -0.25) is 0 Å². The van der Waals surface area contributed by atoms with Crippen LogP contribution in [0.15, 0.2) is 46.9 Å². The van der Waals surface area contributed by atoms with Gasteiger partial charge < -0.3 is 10.1 Å². The predicted octanol–water partition coefficient (Wildman–Crippen LogP) is 5.00. The molecule has 0 atom stereocenters. The Morgan fingerprint density at radius 2 is 1.86 bits per heavy atom. The minimum Gasteiger partial charge on any atom is -0.465 e. The quantitative estimate of drug-likeness (QED) is 0.769. The SMILES string of the molecule is COC(=O)c1ccccc1Nc1cc(Br)cc(C(F)(F)F)c1. The first-order valence-electron chi connectivity index (χ1n) is 6.13. The second-order valence-electron chi connectivity index (χ2n) is 4.39. The van der Waals surface area contributed by atoms with E-state index in [9.17, 15) is 18.0 Å². The Morgan fingerprint density at radius 1 is 1.18 bits per heavy atom. The number of carbonyl (C=O) groups excluding carboxylic acids is 1. The van der Waals surface area contributed by atoms with Crippen molar-refractivity contribution < 1.29 is 22.7 Å². The fraction of sp³-hybridized carbons (Fsp3) is 0.133. The van der Waals surface area contributed by atoms with Gasteiger partial charge in [0, 0.05) is 10.2 Å². The number of alkyl halides is 3. The molecule has 0 saturated heterocycles.